The maximum atomic E-state index is 5.61. The number of ether oxygens (including phenoxy) is 1. The van der Waals surface area contributed by atoms with E-state index in [1.807, 2.05) is 26.0 Å². The first kappa shape index (κ1) is 14.9. The van der Waals surface area contributed by atoms with E-state index >= 15 is 0 Å². The zero-order valence-electron chi connectivity index (χ0n) is 11.9. The largest absolute Gasteiger partial charge is 0.494 e. The van der Waals surface area contributed by atoms with E-state index in [4.69, 9.17) is 10.5 Å². The van der Waals surface area contributed by atoms with Crippen LogP contribution in [-0.2, 0) is 12.3 Å². The standard InChI is InChI=1S/C14H20N4OS/c1-3-19-13-6-4-12(5-7-13)10-20-14-17-16-11(2)18(14)9-8-15/h4-7H,3,8-10,15H2,1-2H3. The van der Waals surface area contributed by atoms with Crippen LogP contribution in [0.3, 0.4) is 0 Å². The number of aryl methyl sites for hydroxylation is 1. The highest BCUT2D eigenvalue weighted by Gasteiger charge is 2.08. The molecule has 1 aromatic carbocycles. The van der Waals surface area contributed by atoms with Crippen LogP contribution in [0.15, 0.2) is 29.4 Å². The fourth-order valence-electron chi connectivity index (χ4n) is 1.85. The van der Waals surface area contributed by atoms with E-state index in [0.29, 0.717) is 13.2 Å². The molecule has 0 aliphatic heterocycles. The Bertz CT molecular complexity index is 539. The SMILES string of the molecule is CCOc1ccc(CSc2nnc(C)n2CCN)cc1. The second kappa shape index (κ2) is 7.31. The van der Waals surface area contributed by atoms with Gasteiger partial charge in [0.05, 0.1) is 6.61 Å². The van der Waals surface area contributed by atoms with Gasteiger partial charge in [0.2, 0.25) is 0 Å². The summed E-state index contributed by atoms with van der Waals surface area (Å²) in [6.07, 6.45) is 0. The van der Waals surface area contributed by atoms with Gasteiger partial charge >= 0.3 is 0 Å². The summed E-state index contributed by atoms with van der Waals surface area (Å²) in [7, 11) is 0. The number of nitrogens with zero attached hydrogens (tertiary/aromatic N) is 3. The number of hydrogen-bond donors (Lipinski definition) is 1. The lowest BCUT2D eigenvalue weighted by Crippen LogP contribution is -2.12. The van der Waals surface area contributed by atoms with Crippen LogP contribution in [0.2, 0.25) is 0 Å². The Morgan fingerprint density at radius 2 is 2.00 bits per heavy atom. The number of hydrogen-bond acceptors (Lipinski definition) is 5. The molecule has 0 atom stereocenters. The number of nitrogens with two attached hydrogens (primary N) is 1. The third-order valence-electron chi connectivity index (χ3n) is 2.86. The highest BCUT2D eigenvalue weighted by Crippen LogP contribution is 2.23. The van der Waals surface area contributed by atoms with Crippen molar-refractivity contribution >= 4 is 11.8 Å². The van der Waals surface area contributed by atoms with Gasteiger partial charge in [-0.3, -0.25) is 0 Å². The number of rotatable bonds is 7. The summed E-state index contributed by atoms with van der Waals surface area (Å²) in [6.45, 7) is 5.97. The monoisotopic (exact) mass is 292 g/mol. The van der Waals surface area contributed by atoms with Gasteiger partial charge in [0.15, 0.2) is 5.16 Å². The molecule has 0 aliphatic rings. The van der Waals surface area contributed by atoms with Crippen molar-refractivity contribution in [2.45, 2.75) is 31.3 Å². The van der Waals surface area contributed by atoms with Gasteiger partial charge in [0.25, 0.3) is 0 Å². The van der Waals surface area contributed by atoms with Gasteiger partial charge in [-0.25, -0.2) is 0 Å². The van der Waals surface area contributed by atoms with Gasteiger partial charge in [0, 0.05) is 18.8 Å². The Balaban J connectivity index is 1.98. The Hall–Kier alpha value is -1.53. The average Bonchev–Trinajstić information content (AvgIpc) is 2.80. The second-order valence-corrected chi connectivity index (χ2v) is 5.28. The van der Waals surface area contributed by atoms with E-state index in [0.717, 1.165) is 29.0 Å². The lowest BCUT2D eigenvalue weighted by Gasteiger charge is -2.07. The van der Waals surface area contributed by atoms with Gasteiger partial charge in [-0.1, -0.05) is 23.9 Å². The molecular formula is C14H20N4OS. The van der Waals surface area contributed by atoms with Crippen molar-refractivity contribution in [3.05, 3.63) is 35.7 Å². The van der Waals surface area contributed by atoms with Crippen LogP contribution in [0.4, 0.5) is 0 Å². The Morgan fingerprint density at radius 1 is 1.25 bits per heavy atom. The molecule has 108 valence electrons. The van der Waals surface area contributed by atoms with Crippen molar-refractivity contribution in [1.82, 2.24) is 14.8 Å². The molecule has 0 fully saturated rings. The zero-order chi connectivity index (χ0) is 14.4. The lowest BCUT2D eigenvalue weighted by molar-refractivity contribution is 0.340. The highest BCUT2D eigenvalue weighted by molar-refractivity contribution is 7.98. The minimum absolute atomic E-state index is 0.593. The lowest BCUT2D eigenvalue weighted by atomic mass is 10.2. The van der Waals surface area contributed by atoms with Gasteiger partial charge in [-0.2, -0.15) is 0 Å². The van der Waals surface area contributed by atoms with Crippen LogP contribution >= 0.6 is 11.8 Å². The molecule has 2 aromatic rings. The molecule has 2 N–H and O–H groups in total. The van der Waals surface area contributed by atoms with Crippen LogP contribution < -0.4 is 10.5 Å². The van der Waals surface area contributed by atoms with E-state index in [1.165, 1.54) is 5.56 Å². The highest BCUT2D eigenvalue weighted by atomic mass is 32.2. The smallest absolute Gasteiger partial charge is 0.191 e. The van der Waals surface area contributed by atoms with Crippen molar-refractivity contribution < 1.29 is 4.74 Å². The molecule has 2 rings (SSSR count). The van der Waals surface area contributed by atoms with Gasteiger partial charge in [-0.15, -0.1) is 10.2 Å². The summed E-state index contributed by atoms with van der Waals surface area (Å²) in [5.41, 5.74) is 6.84. The van der Waals surface area contributed by atoms with Crippen molar-refractivity contribution in [2.75, 3.05) is 13.2 Å². The second-order valence-electron chi connectivity index (χ2n) is 4.34. The van der Waals surface area contributed by atoms with Crippen LogP contribution in [0, 0.1) is 6.92 Å². The predicted octanol–water partition coefficient (Wildman–Crippen LogP) is 2.24. The molecule has 0 amide bonds. The summed E-state index contributed by atoms with van der Waals surface area (Å²) in [5.74, 6) is 2.67. The molecule has 0 aliphatic carbocycles. The summed E-state index contributed by atoms with van der Waals surface area (Å²) in [5, 5.41) is 9.21. The van der Waals surface area contributed by atoms with E-state index in [2.05, 4.69) is 26.9 Å². The fourth-order valence-corrected chi connectivity index (χ4v) is 2.82. The van der Waals surface area contributed by atoms with Crippen LogP contribution in [-0.4, -0.2) is 27.9 Å². The minimum atomic E-state index is 0.593. The van der Waals surface area contributed by atoms with Crippen molar-refractivity contribution in [3.63, 3.8) is 0 Å². The van der Waals surface area contributed by atoms with Crippen LogP contribution in [0.1, 0.15) is 18.3 Å². The van der Waals surface area contributed by atoms with Crippen molar-refractivity contribution in [2.24, 2.45) is 5.73 Å². The Kier molecular flexibility index (Phi) is 5.43. The third-order valence-corrected chi connectivity index (χ3v) is 3.89. The maximum absolute atomic E-state index is 5.61. The van der Waals surface area contributed by atoms with Crippen LogP contribution in [0.25, 0.3) is 0 Å². The minimum Gasteiger partial charge on any atom is -0.494 e. The Morgan fingerprint density at radius 3 is 2.65 bits per heavy atom. The molecule has 0 unspecified atom stereocenters. The normalized spacial score (nSPS) is 10.8. The van der Waals surface area contributed by atoms with Crippen molar-refractivity contribution in [3.8, 4) is 5.75 Å². The summed E-state index contributed by atoms with van der Waals surface area (Å²) < 4.78 is 7.49. The first-order chi connectivity index (χ1) is 9.74. The first-order valence-electron chi connectivity index (χ1n) is 6.69. The number of benzene rings is 1. The Labute approximate surface area is 123 Å². The molecule has 0 radical (unpaired) electrons. The predicted molar refractivity (Wildman–Crippen MR) is 81.0 cm³/mol. The molecule has 5 nitrogen and oxygen atoms in total. The van der Waals surface area contributed by atoms with E-state index in [1.54, 1.807) is 11.8 Å². The molecule has 0 saturated carbocycles. The van der Waals surface area contributed by atoms with E-state index in [9.17, 15) is 0 Å². The van der Waals surface area contributed by atoms with Crippen molar-refractivity contribution in [1.29, 1.82) is 0 Å². The van der Waals surface area contributed by atoms with Gasteiger partial charge < -0.3 is 15.0 Å². The molecule has 0 spiro atoms. The summed E-state index contributed by atoms with van der Waals surface area (Å²) in [4.78, 5) is 0. The molecule has 20 heavy (non-hydrogen) atoms. The fraction of sp³-hybridized carbons (Fsp3) is 0.429. The topological polar surface area (TPSA) is 66.0 Å². The third kappa shape index (κ3) is 3.74. The summed E-state index contributed by atoms with van der Waals surface area (Å²) >= 11 is 1.67. The average molecular weight is 292 g/mol. The van der Waals surface area contributed by atoms with Gasteiger partial charge in [0.1, 0.15) is 11.6 Å². The van der Waals surface area contributed by atoms with E-state index < -0.39 is 0 Å². The molecular weight excluding hydrogens is 272 g/mol. The molecule has 0 saturated heterocycles. The van der Waals surface area contributed by atoms with Crippen LogP contribution in [0.5, 0.6) is 5.75 Å². The molecule has 0 bridgehead atoms. The molecule has 1 aromatic heterocycles. The summed E-state index contributed by atoms with van der Waals surface area (Å²) in [6, 6.07) is 8.15. The number of aromatic nitrogens is 3. The zero-order valence-corrected chi connectivity index (χ0v) is 12.7. The maximum Gasteiger partial charge on any atom is 0.191 e. The van der Waals surface area contributed by atoms with Gasteiger partial charge in [-0.05, 0) is 31.5 Å². The quantitative estimate of drug-likeness (QED) is 0.793. The molecule has 1 heterocycles. The molecule has 6 heteroatoms. The van der Waals surface area contributed by atoms with E-state index in [-0.39, 0.29) is 0 Å². The number of thioether (sulfide) groups is 1. The first-order valence-corrected chi connectivity index (χ1v) is 7.67.